The van der Waals surface area contributed by atoms with Crippen molar-refractivity contribution < 1.29 is 0 Å². The number of nitrogens with zero attached hydrogens (tertiary/aromatic N) is 3. The number of allylic oxidation sites excluding steroid dienone is 6. The Labute approximate surface area is 282 Å². The topological polar surface area (TPSA) is 33.6 Å². The molecule has 8 aromatic rings. The number of hydrogen-bond acceptors (Lipinski definition) is 2. The number of benzene rings is 6. The summed E-state index contributed by atoms with van der Waals surface area (Å²) in [6.45, 7) is 0. The highest BCUT2D eigenvalue weighted by molar-refractivity contribution is 8.03. The maximum atomic E-state index is 9.35. The Bertz CT molecular complexity index is 2780. The highest BCUT2D eigenvalue weighted by Gasteiger charge is 2.24. The standard InChI is InChI=1S/C44H27N3S/c45-27-28-16-20-32(21-17-28)46-38-12-4-1-10-34(38)36-24-29(18-22-40(36)46)30-19-23-41-37(25-30)35-11-2-5-13-39(35)47(41)42-14-7-8-31-26-44(42)48-43-15-6-3-9-33(31)43/h1-25H,26H2. The Morgan fingerprint density at radius 3 is 1.90 bits per heavy atom. The van der Waals surface area contributed by atoms with E-state index in [0.717, 1.165) is 23.1 Å². The van der Waals surface area contributed by atoms with Crippen molar-refractivity contribution in [2.75, 3.05) is 0 Å². The number of nitriles is 1. The first-order valence-electron chi connectivity index (χ1n) is 16.2. The minimum absolute atomic E-state index is 0.662. The van der Waals surface area contributed by atoms with Crippen molar-refractivity contribution in [2.24, 2.45) is 0 Å². The molecule has 224 valence electrons. The van der Waals surface area contributed by atoms with Crippen LogP contribution < -0.4 is 0 Å². The van der Waals surface area contributed by atoms with Gasteiger partial charge in [-0.2, -0.15) is 5.26 Å². The van der Waals surface area contributed by atoms with Gasteiger partial charge in [-0.3, -0.25) is 0 Å². The fourth-order valence-corrected chi connectivity index (χ4v) is 8.84. The maximum Gasteiger partial charge on any atom is 0.0991 e. The van der Waals surface area contributed by atoms with Crippen LogP contribution in [0.25, 0.3) is 71.7 Å². The normalized spacial score (nSPS) is 14.0. The van der Waals surface area contributed by atoms with Crippen molar-refractivity contribution >= 4 is 66.6 Å². The maximum absolute atomic E-state index is 9.35. The third kappa shape index (κ3) is 4.02. The number of thioether (sulfide) groups is 1. The van der Waals surface area contributed by atoms with Crippen LogP contribution in [0.1, 0.15) is 17.5 Å². The third-order valence-electron chi connectivity index (χ3n) is 9.83. The summed E-state index contributed by atoms with van der Waals surface area (Å²) in [4.78, 5) is 2.70. The molecule has 6 aromatic carbocycles. The molecule has 10 rings (SSSR count). The number of aromatic nitrogens is 2. The van der Waals surface area contributed by atoms with Gasteiger partial charge in [0.1, 0.15) is 0 Å². The van der Waals surface area contributed by atoms with Crippen LogP contribution in [-0.4, -0.2) is 9.13 Å². The van der Waals surface area contributed by atoms with Gasteiger partial charge in [0.25, 0.3) is 0 Å². The Hall–Kier alpha value is -6.02. The molecule has 0 N–H and O–H groups in total. The summed E-state index contributed by atoms with van der Waals surface area (Å²) < 4.78 is 4.76. The summed E-state index contributed by atoms with van der Waals surface area (Å²) in [5, 5.41) is 14.3. The monoisotopic (exact) mass is 629 g/mol. The number of rotatable bonds is 3. The third-order valence-corrected chi connectivity index (χ3v) is 11.0. The lowest BCUT2D eigenvalue weighted by molar-refractivity contribution is 1.18. The summed E-state index contributed by atoms with van der Waals surface area (Å²) in [6.07, 6.45) is 7.73. The molecule has 0 saturated carbocycles. The predicted molar refractivity (Wildman–Crippen MR) is 201 cm³/mol. The number of hydrogen-bond donors (Lipinski definition) is 0. The van der Waals surface area contributed by atoms with Crippen molar-refractivity contribution in [3.63, 3.8) is 0 Å². The molecule has 3 heterocycles. The lowest BCUT2D eigenvalue weighted by Gasteiger charge is -2.22. The van der Waals surface area contributed by atoms with Gasteiger partial charge in [0, 0.05) is 43.5 Å². The Morgan fingerprint density at radius 1 is 0.583 bits per heavy atom. The zero-order valence-corrected chi connectivity index (χ0v) is 26.7. The van der Waals surface area contributed by atoms with E-state index in [4.69, 9.17) is 0 Å². The highest BCUT2D eigenvalue weighted by atomic mass is 32.2. The first kappa shape index (κ1) is 27.1. The lowest BCUT2D eigenvalue weighted by Crippen LogP contribution is -2.02. The molecule has 1 aliphatic carbocycles. The summed E-state index contributed by atoms with van der Waals surface area (Å²) in [6, 6.07) is 50.0. The van der Waals surface area contributed by atoms with Gasteiger partial charge in [0.05, 0.1) is 39.4 Å². The minimum Gasteiger partial charge on any atom is -0.309 e. The van der Waals surface area contributed by atoms with Crippen LogP contribution in [0.4, 0.5) is 0 Å². The van der Waals surface area contributed by atoms with Crippen LogP contribution in [0.5, 0.6) is 0 Å². The molecular weight excluding hydrogens is 603 g/mol. The SMILES string of the molecule is N#Cc1ccc(-n2c3ccccc3c3cc(-c4ccc5c(c4)c4ccccc4n5C4=C5CC(=CC=C4)c4ccccc4S5)ccc32)cc1. The Balaban J connectivity index is 1.15. The van der Waals surface area contributed by atoms with E-state index >= 15 is 0 Å². The van der Waals surface area contributed by atoms with Gasteiger partial charge in [0.2, 0.25) is 0 Å². The molecule has 1 aliphatic heterocycles. The van der Waals surface area contributed by atoms with Crippen LogP contribution in [0.15, 0.2) is 161 Å². The molecule has 2 aromatic heterocycles. The Kier molecular flexibility index (Phi) is 5.93. The van der Waals surface area contributed by atoms with E-state index in [1.54, 1.807) is 0 Å². The quantitative estimate of drug-likeness (QED) is 0.195. The van der Waals surface area contributed by atoms with Gasteiger partial charge in [0.15, 0.2) is 0 Å². The molecule has 4 heteroatoms. The molecule has 0 amide bonds. The summed E-state index contributed by atoms with van der Waals surface area (Å²) in [5.41, 5.74) is 12.8. The molecule has 48 heavy (non-hydrogen) atoms. The second-order valence-electron chi connectivity index (χ2n) is 12.5. The van der Waals surface area contributed by atoms with Gasteiger partial charge >= 0.3 is 0 Å². The fourth-order valence-electron chi connectivity index (χ4n) is 7.62. The van der Waals surface area contributed by atoms with Crippen molar-refractivity contribution in [1.82, 2.24) is 9.13 Å². The van der Waals surface area contributed by atoms with E-state index in [-0.39, 0.29) is 0 Å². The molecular formula is C44H27N3S. The largest absolute Gasteiger partial charge is 0.309 e. The molecule has 0 saturated heterocycles. The van der Waals surface area contributed by atoms with Gasteiger partial charge in [-0.25, -0.2) is 0 Å². The van der Waals surface area contributed by atoms with Crippen LogP contribution >= 0.6 is 11.8 Å². The Morgan fingerprint density at radius 2 is 1.19 bits per heavy atom. The molecule has 0 unspecified atom stereocenters. The van der Waals surface area contributed by atoms with Gasteiger partial charge < -0.3 is 9.13 Å². The van der Waals surface area contributed by atoms with E-state index in [9.17, 15) is 5.26 Å². The molecule has 0 spiro atoms. The molecule has 0 atom stereocenters. The lowest BCUT2D eigenvalue weighted by atomic mass is 10.0. The summed E-state index contributed by atoms with van der Waals surface area (Å²) >= 11 is 1.90. The smallest absolute Gasteiger partial charge is 0.0991 e. The van der Waals surface area contributed by atoms with Crippen LogP contribution in [-0.2, 0) is 0 Å². The molecule has 2 bridgehead atoms. The van der Waals surface area contributed by atoms with Gasteiger partial charge in [-0.1, -0.05) is 90.6 Å². The number of fused-ring (bicyclic) bond motifs is 10. The van der Waals surface area contributed by atoms with E-state index in [0.29, 0.717) is 5.56 Å². The fraction of sp³-hybridized carbons (Fsp3) is 0.0227. The van der Waals surface area contributed by atoms with Crippen molar-refractivity contribution in [3.05, 3.63) is 168 Å². The minimum atomic E-state index is 0.662. The van der Waals surface area contributed by atoms with Crippen molar-refractivity contribution in [1.29, 1.82) is 5.26 Å². The van der Waals surface area contributed by atoms with Gasteiger partial charge in [-0.05, 0) is 95.1 Å². The first-order chi connectivity index (χ1) is 23.7. The molecule has 0 radical (unpaired) electrons. The second-order valence-corrected chi connectivity index (χ2v) is 13.6. The highest BCUT2D eigenvalue weighted by Crippen LogP contribution is 2.48. The average molecular weight is 630 g/mol. The van der Waals surface area contributed by atoms with E-state index in [1.165, 1.54) is 70.3 Å². The van der Waals surface area contributed by atoms with E-state index in [2.05, 4.69) is 143 Å². The summed E-state index contributed by atoms with van der Waals surface area (Å²) in [7, 11) is 0. The van der Waals surface area contributed by atoms with E-state index < -0.39 is 0 Å². The predicted octanol–water partition coefficient (Wildman–Crippen LogP) is 11.7. The van der Waals surface area contributed by atoms with Crippen molar-refractivity contribution in [3.8, 4) is 22.9 Å². The zero-order valence-electron chi connectivity index (χ0n) is 25.9. The average Bonchev–Trinajstić information content (AvgIpc) is 3.59. The zero-order chi connectivity index (χ0) is 31.8. The summed E-state index contributed by atoms with van der Waals surface area (Å²) in [5.74, 6) is 0. The van der Waals surface area contributed by atoms with Crippen LogP contribution in [0, 0.1) is 11.3 Å². The molecule has 2 aliphatic rings. The second kappa shape index (κ2) is 10.5. The first-order valence-corrected chi connectivity index (χ1v) is 17.0. The van der Waals surface area contributed by atoms with Gasteiger partial charge in [-0.15, -0.1) is 0 Å². The number of para-hydroxylation sites is 2. The molecule has 0 fully saturated rings. The van der Waals surface area contributed by atoms with Crippen LogP contribution in [0.2, 0.25) is 0 Å². The molecule has 3 nitrogen and oxygen atoms in total. The van der Waals surface area contributed by atoms with Crippen molar-refractivity contribution in [2.45, 2.75) is 11.3 Å². The van der Waals surface area contributed by atoms with E-state index in [1.807, 2.05) is 36.0 Å². The van der Waals surface area contributed by atoms with Crippen LogP contribution in [0.3, 0.4) is 0 Å².